The van der Waals surface area contributed by atoms with Gasteiger partial charge in [0, 0.05) is 11.6 Å². The number of hydrogen-bond acceptors (Lipinski definition) is 2. The molecule has 0 bridgehead atoms. The van der Waals surface area contributed by atoms with Crippen molar-refractivity contribution in [2.75, 3.05) is 13.2 Å². The molecule has 2 nitrogen and oxygen atoms in total. The molecule has 1 heterocycles. The second-order valence-electron chi connectivity index (χ2n) is 5.03. The first-order valence-corrected chi connectivity index (χ1v) is 6.72. The van der Waals surface area contributed by atoms with E-state index in [1.165, 1.54) is 24.0 Å². The Balaban J connectivity index is 2.32. The van der Waals surface area contributed by atoms with Gasteiger partial charge in [0.15, 0.2) is 0 Å². The molecule has 0 saturated carbocycles. The molecule has 0 aliphatic carbocycles. The van der Waals surface area contributed by atoms with E-state index in [0.29, 0.717) is 12.0 Å². The van der Waals surface area contributed by atoms with Crippen molar-refractivity contribution in [2.24, 2.45) is 0 Å². The quantitative estimate of drug-likeness (QED) is 0.857. The van der Waals surface area contributed by atoms with Gasteiger partial charge in [-0.3, -0.25) is 0 Å². The van der Waals surface area contributed by atoms with E-state index in [9.17, 15) is 0 Å². The predicted octanol–water partition coefficient (Wildman–Crippen LogP) is 3.63. The lowest BCUT2D eigenvalue weighted by molar-refractivity contribution is 0.333. The van der Waals surface area contributed by atoms with Crippen LogP contribution in [-0.2, 0) is 0 Å². The van der Waals surface area contributed by atoms with E-state index in [2.05, 4.69) is 37.4 Å². The van der Waals surface area contributed by atoms with E-state index in [-0.39, 0.29) is 0 Å². The summed E-state index contributed by atoms with van der Waals surface area (Å²) in [6, 6.07) is 7.12. The molecule has 0 amide bonds. The summed E-state index contributed by atoms with van der Waals surface area (Å²) in [6.45, 7) is 8.38. The molecular weight excluding hydrogens is 210 g/mol. The summed E-state index contributed by atoms with van der Waals surface area (Å²) in [6.07, 6.45) is 2.49. The van der Waals surface area contributed by atoms with Gasteiger partial charge in [0.25, 0.3) is 0 Å². The van der Waals surface area contributed by atoms with Gasteiger partial charge in [-0.1, -0.05) is 26.0 Å². The molecule has 2 heteroatoms. The molecule has 1 aromatic rings. The largest absolute Gasteiger partial charge is 0.494 e. The third-order valence-corrected chi connectivity index (χ3v) is 3.44. The Labute approximate surface area is 104 Å². The third kappa shape index (κ3) is 2.81. The summed E-state index contributed by atoms with van der Waals surface area (Å²) in [7, 11) is 0. The molecule has 1 N–H and O–H groups in total. The molecule has 1 fully saturated rings. The zero-order valence-corrected chi connectivity index (χ0v) is 11.1. The Bertz CT molecular complexity index is 367. The molecule has 0 radical (unpaired) electrons. The number of hydrogen-bond donors (Lipinski definition) is 1. The molecule has 1 aliphatic rings. The highest BCUT2D eigenvalue weighted by atomic mass is 16.5. The molecule has 17 heavy (non-hydrogen) atoms. The van der Waals surface area contributed by atoms with Gasteiger partial charge in [-0.15, -0.1) is 0 Å². The van der Waals surface area contributed by atoms with Gasteiger partial charge in [-0.05, 0) is 43.9 Å². The van der Waals surface area contributed by atoms with E-state index in [1.54, 1.807) is 0 Å². The van der Waals surface area contributed by atoms with Crippen molar-refractivity contribution >= 4 is 0 Å². The monoisotopic (exact) mass is 233 g/mol. The van der Waals surface area contributed by atoms with Crippen LogP contribution in [0, 0.1) is 0 Å². The highest BCUT2D eigenvalue weighted by molar-refractivity contribution is 5.41. The lowest BCUT2D eigenvalue weighted by Gasteiger charge is -2.18. The van der Waals surface area contributed by atoms with Crippen molar-refractivity contribution in [3.63, 3.8) is 0 Å². The standard InChI is InChI=1S/C15H23NO/c1-4-17-15-8-7-12(11(2)3)10-13(15)14-6-5-9-16-14/h7-8,10-11,14,16H,4-6,9H2,1-3H3. The zero-order chi connectivity index (χ0) is 12.3. The normalized spacial score (nSPS) is 19.9. The van der Waals surface area contributed by atoms with Crippen LogP contribution >= 0.6 is 0 Å². The van der Waals surface area contributed by atoms with Gasteiger partial charge in [0.1, 0.15) is 5.75 Å². The number of benzene rings is 1. The molecule has 0 spiro atoms. The van der Waals surface area contributed by atoms with E-state index in [0.717, 1.165) is 18.9 Å². The minimum absolute atomic E-state index is 0.482. The van der Waals surface area contributed by atoms with Crippen molar-refractivity contribution in [1.29, 1.82) is 0 Å². The van der Waals surface area contributed by atoms with E-state index in [1.807, 2.05) is 6.92 Å². The van der Waals surface area contributed by atoms with Crippen molar-refractivity contribution < 1.29 is 4.74 Å². The minimum atomic E-state index is 0.482. The van der Waals surface area contributed by atoms with Crippen LogP contribution in [0.3, 0.4) is 0 Å². The van der Waals surface area contributed by atoms with Crippen molar-refractivity contribution in [1.82, 2.24) is 5.32 Å². The third-order valence-electron chi connectivity index (χ3n) is 3.44. The smallest absolute Gasteiger partial charge is 0.124 e. The van der Waals surface area contributed by atoms with Crippen LogP contribution in [0.5, 0.6) is 5.75 Å². The van der Waals surface area contributed by atoms with Gasteiger partial charge in [0.05, 0.1) is 6.61 Å². The maximum Gasteiger partial charge on any atom is 0.124 e. The highest BCUT2D eigenvalue weighted by Crippen LogP contribution is 2.33. The number of nitrogens with one attached hydrogen (secondary N) is 1. The van der Waals surface area contributed by atoms with Crippen molar-refractivity contribution in [3.05, 3.63) is 29.3 Å². The summed E-state index contributed by atoms with van der Waals surface area (Å²) < 4.78 is 5.74. The predicted molar refractivity (Wildman–Crippen MR) is 71.7 cm³/mol. The topological polar surface area (TPSA) is 21.3 Å². The van der Waals surface area contributed by atoms with E-state index < -0.39 is 0 Å². The molecular formula is C15H23NO. The van der Waals surface area contributed by atoms with Gasteiger partial charge >= 0.3 is 0 Å². The summed E-state index contributed by atoms with van der Waals surface area (Å²) in [4.78, 5) is 0. The van der Waals surface area contributed by atoms with Gasteiger partial charge < -0.3 is 10.1 Å². The van der Waals surface area contributed by atoms with Crippen molar-refractivity contribution in [3.8, 4) is 5.75 Å². The number of ether oxygens (including phenoxy) is 1. The SMILES string of the molecule is CCOc1ccc(C(C)C)cc1C1CCCN1. The summed E-state index contributed by atoms with van der Waals surface area (Å²) in [5, 5.41) is 3.56. The van der Waals surface area contributed by atoms with E-state index >= 15 is 0 Å². The zero-order valence-electron chi connectivity index (χ0n) is 11.1. The van der Waals surface area contributed by atoms with Crippen LogP contribution in [0.4, 0.5) is 0 Å². The van der Waals surface area contributed by atoms with Crippen LogP contribution in [0.2, 0.25) is 0 Å². The summed E-state index contributed by atoms with van der Waals surface area (Å²) in [5.41, 5.74) is 2.74. The molecule has 1 atom stereocenters. The maximum absolute atomic E-state index is 5.74. The summed E-state index contributed by atoms with van der Waals surface area (Å²) >= 11 is 0. The summed E-state index contributed by atoms with van der Waals surface area (Å²) in [5.74, 6) is 1.63. The number of rotatable bonds is 4. The highest BCUT2D eigenvalue weighted by Gasteiger charge is 2.20. The Kier molecular flexibility index (Phi) is 4.06. The average Bonchev–Trinajstić information content (AvgIpc) is 2.83. The fraction of sp³-hybridized carbons (Fsp3) is 0.600. The fourth-order valence-corrected chi connectivity index (χ4v) is 2.44. The second kappa shape index (κ2) is 5.54. The maximum atomic E-state index is 5.74. The average molecular weight is 233 g/mol. The Morgan fingerprint density at radius 2 is 2.24 bits per heavy atom. The lowest BCUT2D eigenvalue weighted by Crippen LogP contribution is -2.14. The first-order chi connectivity index (χ1) is 8.22. The molecule has 2 rings (SSSR count). The first kappa shape index (κ1) is 12.4. The van der Waals surface area contributed by atoms with Crippen LogP contribution in [0.1, 0.15) is 56.7 Å². The first-order valence-electron chi connectivity index (χ1n) is 6.72. The molecule has 1 aliphatic heterocycles. The molecule has 94 valence electrons. The molecule has 1 saturated heterocycles. The van der Waals surface area contributed by atoms with Crippen LogP contribution in [0.15, 0.2) is 18.2 Å². The van der Waals surface area contributed by atoms with Crippen LogP contribution in [-0.4, -0.2) is 13.2 Å². The minimum Gasteiger partial charge on any atom is -0.494 e. The van der Waals surface area contributed by atoms with Gasteiger partial charge in [-0.2, -0.15) is 0 Å². The molecule has 1 unspecified atom stereocenters. The van der Waals surface area contributed by atoms with E-state index in [4.69, 9.17) is 4.74 Å². The Hall–Kier alpha value is -1.02. The molecule has 0 aromatic heterocycles. The van der Waals surface area contributed by atoms with Crippen LogP contribution in [0.25, 0.3) is 0 Å². The Morgan fingerprint density at radius 3 is 2.82 bits per heavy atom. The van der Waals surface area contributed by atoms with Gasteiger partial charge in [0.2, 0.25) is 0 Å². The second-order valence-corrected chi connectivity index (χ2v) is 5.03. The van der Waals surface area contributed by atoms with Gasteiger partial charge in [-0.25, -0.2) is 0 Å². The van der Waals surface area contributed by atoms with Crippen molar-refractivity contribution in [2.45, 2.75) is 45.6 Å². The lowest BCUT2D eigenvalue weighted by atomic mass is 9.96. The fourth-order valence-electron chi connectivity index (χ4n) is 2.44. The van der Waals surface area contributed by atoms with Crippen LogP contribution < -0.4 is 10.1 Å². The Morgan fingerprint density at radius 1 is 1.41 bits per heavy atom. The molecule has 1 aromatic carbocycles.